The summed E-state index contributed by atoms with van der Waals surface area (Å²) in [5.74, 6) is -2.09. The molecule has 3 aliphatic rings. The molecule has 0 N–H and O–H groups in total. The van der Waals surface area contributed by atoms with Gasteiger partial charge in [-0.2, -0.15) is 17.9 Å². The van der Waals surface area contributed by atoms with Crippen molar-refractivity contribution in [3.8, 4) is 5.69 Å². The van der Waals surface area contributed by atoms with Crippen LogP contribution in [0.1, 0.15) is 66.5 Å². The average Bonchev–Trinajstić information content (AvgIpc) is 3.70. The Morgan fingerprint density at radius 3 is 2.54 bits per heavy atom. The number of likely N-dealkylation sites (tertiary alicyclic amines) is 1. The maximum absolute atomic E-state index is 15.1. The van der Waals surface area contributed by atoms with Crippen LogP contribution < -0.4 is 0 Å². The molecule has 3 aromatic rings. The van der Waals surface area contributed by atoms with Gasteiger partial charge in [-0.05, 0) is 109 Å². The van der Waals surface area contributed by atoms with Gasteiger partial charge >= 0.3 is 6.18 Å². The highest BCUT2D eigenvalue weighted by atomic mass is 19.4. The normalized spacial score (nSPS) is 27.7. The Labute approximate surface area is 223 Å². The summed E-state index contributed by atoms with van der Waals surface area (Å²) in [6, 6.07) is 9.20. The summed E-state index contributed by atoms with van der Waals surface area (Å²) in [6.45, 7) is 5.04. The van der Waals surface area contributed by atoms with Gasteiger partial charge in [-0.3, -0.25) is 0 Å². The third-order valence-electron chi connectivity index (χ3n) is 8.84. The minimum absolute atomic E-state index is 0.0355. The van der Waals surface area contributed by atoms with E-state index in [4.69, 9.17) is 4.74 Å². The molecule has 3 heterocycles. The second-order valence-corrected chi connectivity index (χ2v) is 11.2. The summed E-state index contributed by atoms with van der Waals surface area (Å²) in [5, 5.41) is 9.75. The number of hydrogen-bond acceptors (Lipinski definition) is 5. The van der Waals surface area contributed by atoms with Crippen LogP contribution in [0.3, 0.4) is 0 Å². The summed E-state index contributed by atoms with van der Waals surface area (Å²) >= 11 is 0. The van der Waals surface area contributed by atoms with E-state index in [9.17, 15) is 17.6 Å². The Morgan fingerprint density at radius 1 is 1.08 bits per heavy atom. The molecule has 6 nitrogen and oxygen atoms in total. The van der Waals surface area contributed by atoms with Gasteiger partial charge in [0.05, 0.1) is 17.9 Å². The fraction of sp³-hybridized carbons (Fsp3) is 0.536. The predicted octanol–water partition coefficient (Wildman–Crippen LogP) is 5.80. The van der Waals surface area contributed by atoms with Crippen LogP contribution in [0, 0.1) is 24.5 Å². The van der Waals surface area contributed by atoms with Crippen molar-refractivity contribution in [2.24, 2.45) is 5.92 Å². The highest BCUT2D eigenvalue weighted by molar-refractivity contribution is 5.44. The molecular formula is C28H30F5N5O. The topological polar surface area (TPSA) is 56.1 Å². The lowest BCUT2D eigenvalue weighted by Crippen LogP contribution is -2.36. The lowest BCUT2D eigenvalue weighted by molar-refractivity contribution is -0.146. The van der Waals surface area contributed by atoms with E-state index in [-0.39, 0.29) is 23.3 Å². The Kier molecular flexibility index (Phi) is 6.69. The molecule has 39 heavy (non-hydrogen) atoms. The molecule has 0 unspecified atom stereocenters. The summed E-state index contributed by atoms with van der Waals surface area (Å²) in [7, 11) is 0. The van der Waals surface area contributed by atoms with E-state index >= 15 is 4.39 Å². The third-order valence-corrected chi connectivity index (χ3v) is 8.84. The molecule has 2 aliphatic heterocycles. The molecule has 0 bridgehead atoms. The van der Waals surface area contributed by atoms with E-state index < -0.39 is 23.4 Å². The van der Waals surface area contributed by atoms with Gasteiger partial charge in [-0.1, -0.05) is 12.1 Å². The number of tetrazole rings is 1. The summed E-state index contributed by atoms with van der Waals surface area (Å²) in [5.41, 5.74) is 1.39. The molecule has 4 atom stereocenters. The Morgan fingerprint density at radius 2 is 1.82 bits per heavy atom. The van der Waals surface area contributed by atoms with Gasteiger partial charge in [0, 0.05) is 18.4 Å². The van der Waals surface area contributed by atoms with Crippen molar-refractivity contribution in [3.63, 3.8) is 0 Å². The zero-order valence-electron chi connectivity index (χ0n) is 21.6. The van der Waals surface area contributed by atoms with Gasteiger partial charge in [0.2, 0.25) is 0 Å². The van der Waals surface area contributed by atoms with Crippen molar-refractivity contribution in [2.45, 2.75) is 62.6 Å². The molecule has 0 radical (unpaired) electrons. The van der Waals surface area contributed by atoms with Crippen LogP contribution in [0.15, 0.2) is 36.4 Å². The molecule has 3 fully saturated rings. The van der Waals surface area contributed by atoms with Crippen LogP contribution in [0.2, 0.25) is 0 Å². The van der Waals surface area contributed by atoms with Gasteiger partial charge < -0.3 is 9.64 Å². The number of hydrogen-bond donors (Lipinski definition) is 0. The second kappa shape index (κ2) is 9.92. The molecule has 1 aromatic heterocycles. The Hall–Kier alpha value is -2.92. The summed E-state index contributed by atoms with van der Waals surface area (Å²) < 4.78 is 76.4. The summed E-state index contributed by atoms with van der Waals surface area (Å²) in [4.78, 5) is 2.49. The molecule has 1 saturated carbocycles. The number of benzene rings is 2. The average molecular weight is 548 g/mol. The minimum Gasteiger partial charge on any atom is -0.374 e. The molecule has 6 rings (SSSR count). The maximum atomic E-state index is 15.1. The number of aromatic nitrogens is 4. The van der Waals surface area contributed by atoms with Crippen LogP contribution >= 0.6 is 0 Å². The van der Waals surface area contributed by atoms with Crippen molar-refractivity contribution in [1.29, 1.82) is 0 Å². The van der Waals surface area contributed by atoms with E-state index in [0.717, 1.165) is 44.1 Å². The van der Waals surface area contributed by atoms with Gasteiger partial charge in [0.1, 0.15) is 11.6 Å². The number of nitrogens with zero attached hydrogens (tertiary/aromatic N) is 5. The first-order chi connectivity index (χ1) is 18.6. The van der Waals surface area contributed by atoms with Crippen molar-refractivity contribution in [2.75, 3.05) is 26.2 Å². The first kappa shape index (κ1) is 26.3. The predicted molar refractivity (Wildman–Crippen MR) is 132 cm³/mol. The quantitative estimate of drug-likeness (QED) is 0.378. The molecular weight excluding hydrogens is 517 g/mol. The van der Waals surface area contributed by atoms with Crippen LogP contribution in [-0.2, 0) is 10.9 Å². The van der Waals surface area contributed by atoms with Crippen molar-refractivity contribution >= 4 is 0 Å². The number of alkyl halides is 3. The van der Waals surface area contributed by atoms with Crippen molar-refractivity contribution in [3.05, 3.63) is 70.5 Å². The standard InChI is InChI=1S/C28H30F5N5O/c1-17-23(12-22(13-24(17)30)38-26(28(31,32)33)34-35-36-38)20-14-27(39-16-20)9-8-19(15-37-10-2-3-11-37)25(27)18-4-6-21(29)7-5-18/h4-7,12-13,19-20,25H,2-3,8-11,14-16H2,1H3/t19-,20-,25-,27-/m1/s1. The van der Waals surface area contributed by atoms with E-state index in [0.29, 0.717) is 34.8 Å². The fourth-order valence-corrected chi connectivity index (χ4v) is 7.08. The Bertz CT molecular complexity index is 1340. The molecule has 1 aliphatic carbocycles. The lowest BCUT2D eigenvalue weighted by Gasteiger charge is -2.35. The SMILES string of the molecule is Cc1c(F)cc(-n2nnnc2C(F)(F)F)cc1[C@H]1CO[C@]2(CC[C@H](CN3CCCC3)[C@H]2c2ccc(F)cc2)C1. The monoisotopic (exact) mass is 547 g/mol. The second-order valence-electron chi connectivity index (χ2n) is 11.2. The van der Waals surface area contributed by atoms with Crippen molar-refractivity contribution in [1.82, 2.24) is 25.1 Å². The molecule has 208 valence electrons. The van der Waals surface area contributed by atoms with Crippen molar-refractivity contribution < 1.29 is 26.7 Å². The first-order valence-electron chi connectivity index (χ1n) is 13.4. The van der Waals surface area contributed by atoms with Crippen LogP contribution in [0.5, 0.6) is 0 Å². The molecule has 2 aromatic carbocycles. The minimum atomic E-state index is -4.79. The van der Waals surface area contributed by atoms with E-state index in [1.807, 2.05) is 12.1 Å². The summed E-state index contributed by atoms with van der Waals surface area (Å²) in [6.07, 6.45) is -0.0415. The van der Waals surface area contributed by atoms with E-state index in [1.165, 1.54) is 25.0 Å². The third kappa shape index (κ3) is 4.84. The smallest absolute Gasteiger partial charge is 0.374 e. The van der Waals surface area contributed by atoms with Gasteiger partial charge in [0.15, 0.2) is 0 Å². The molecule has 1 spiro atoms. The van der Waals surface area contributed by atoms with E-state index in [2.05, 4.69) is 20.4 Å². The first-order valence-corrected chi connectivity index (χ1v) is 13.4. The van der Waals surface area contributed by atoms with Crippen LogP contribution in [-0.4, -0.2) is 56.9 Å². The maximum Gasteiger partial charge on any atom is 0.453 e. The highest BCUT2D eigenvalue weighted by Crippen LogP contribution is 2.57. The van der Waals surface area contributed by atoms with Gasteiger partial charge in [-0.15, -0.1) is 5.10 Å². The zero-order valence-corrected chi connectivity index (χ0v) is 21.6. The number of halogens is 5. The molecule has 0 amide bonds. The highest BCUT2D eigenvalue weighted by Gasteiger charge is 2.54. The molecule has 2 saturated heterocycles. The van der Waals surface area contributed by atoms with Crippen LogP contribution in [0.4, 0.5) is 22.0 Å². The van der Waals surface area contributed by atoms with Gasteiger partial charge in [0.25, 0.3) is 5.82 Å². The lowest BCUT2D eigenvalue weighted by atomic mass is 9.76. The largest absolute Gasteiger partial charge is 0.453 e. The zero-order chi connectivity index (χ0) is 27.4. The fourth-order valence-electron chi connectivity index (χ4n) is 7.08. The van der Waals surface area contributed by atoms with E-state index in [1.54, 1.807) is 13.0 Å². The van der Waals surface area contributed by atoms with Gasteiger partial charge in [-0.25, -0.2) is 8.78 Å². The number of rotatable bonds is 5. The Balaban J connectivity index is 1.33. The molecule has 11 heteroatoms. The number of ether oxygens (including phenoxy) is 1. The van der Waals surface area contributed by atoms with Crippen LogP contribution in [0.25, 0.3) is 5.69 Å².